The maximum atomic E-state index is 14.1. The van der Waals surface area contributed by atoms with Crippen molar-refractivity contribution in [1.82, 2.24) is 16.1 Å². The van der Waals surface area contributed by atoms with E-state index in [2.05, 4.69) is 16.1 Å². The Bertz CT molecular complexity index is 943. The highest BCUT2D eigenvalue weighted by atomic mass is 16.6. The summed E-state index contributed by atoms with van der Waals surface area (Å²) in [5, 5.41) is 28.0. The van der Waals surface area contributed by atoms with Crippen LogP contribution in [0.15, 0.2) is 24.3 Å². The largest absolute Gasteiger partial charge is 0.446 e. The van der Waals surface area contributed by atoms with E-state index in [9.17, 15) is 24.7 Å². The van der Waals surface area contributed by atoms with E-state index >= 15 is 0 Å². The van der Waals surface area contributed by atoms with Gasteiger partial charge in [-0.25, -0.2) is 4.79 Å². The lowest BCUT2D eigenvalue weighted by molar-refractivity contribution is -0.164. The van der Waals surface area contributed by atoms with Crippen molar-refractivity contribution >= 4 is 17.8 Å². The third kappa shape index (κ3) is 4.94. The Hall–Kier alpha value is -2.49. The molecule has 0 bridgehead atoms. The number of carbonyl (C=O) groups excluding carboxylic acids is 3. The number of fused-ring (bicyclic) bond motifs is 1. The zero-order valence-corrected chi connectivity index (χ0v) is 20.3. The van der Waals surface area contributed by atoms with Crippen LogP contribution in [0.3, 0.4) is 0 Å². The van der Waals surface area contributed by atoms with E-state index in [1.807, 2.05) is 0 Å². The second kappa shape index (κ2) is 10.6. The third-order valence-corrected chi connectivity index (χ3v) is 8.09. The summed E-state index contributed by atoms with van der Waals surface area (Å²) in [6, 6.07) is 6.25. The van der Waals surface area contributed by atoms with Crippen molar-refractivity contribution in [2.75, 3.05) is 6.61 Å². The van der Waals surface area contributed by atoms with Crippen LogP contribution in [0.1, 0.15) is 93.1 Å². The highest BCUT2D eigenvalue weighted by Gasteiger charge is 2.63. The fourth-order valence-electron chi connectivity index (χ4n) is 6.00. The minimum Gasteiger partial charge on any atom is -0.446 e. The molecule has 2 saturated carbocycles. The van der Waals surface area contributed by atoms with Gasteiger partial charge < -0.3 is 25.7 Å². The molecule has 1 heterocycles. The molecule has 1 aliphatic heterocycles. The van der Waals surface area contributed by atoms with Crippen molar-refractivity contribution in [1.29, 1.82) is 0 Å². The van der Waals surface area contributed by atoms with Crippen molar-refractivity contribution in [2.24, 2.45) is 5.92 Å². The molecular weight excluding hydrogens is 450 g/mol. The van der Waals surface area contributed by atoms with Gasteiger partial charge in [-0.2, -0.15) is 5.48 Å². The summed E-state index contributed by atoms with van der Waals surface area (Å²) in [7, 11) is 0. The Kier molecular flexibility index (Phi) is 7.78. The number of amides is 2. The fraction of sp³-hybridized carbons (Fsp3) is 0.654. The van der Waals surface area contributed by atoms with Crippen molar-refractivity contribution in [3.63, 3.8) is 0 Å². The van der Waals surface area contributed by atoms with Crippen molar-refractivity contribution < 1.29 is 29.4 Å². The maximum Gasteiger partial charge on any atom is 0.407 e. The topological polar surface area (TPSA) is 137 Å². The Labute approximate surface area is 206 Å². The van der Waals surface area contributed by atoms with Gasteiger partial charge >= 0.3 is 6.09 Å². The molecule has 3 atom stereocenters. The number of hydroxylamine groups is 1. The first-order chi connectivity index (χ1) is 16.8. The van der Waals surface area contributed by atoms with Crippen LogP contribution in [-0.4, -0.2) is 51.9 Å². The van der Waals surface area contributed by atoms with E-state index in [1.54, 1.807) is 31.2 Å². The summed E-state index contributed by atoms with van der Waals surface area (Å²) < 4.78 is 5.38. The number of nitrogens with one attached hydrogen (secondary N) is 3. The molecule has 9 nitrogen and oxygen atoms in total. The monoisotopic (exact) mass is 487 g/mol. The third-order valence-electron chi connectivity index (χ3n) is 8.09. The van der Waals surface area contributed by atoms with Gasteiger partial charge in [-0.15, -0.1) is 0 Å². The van der Waals surface area contributed by atoms with E-state index in [0.717, 1.165) is 57.8 Å². The average Bonchev–Trinajstić information content (AvgIpc) is 3.38. The summed E-state index contributed by atoms with van der Waals surface area (Å²) in [6.07, 6.45) is 7.69. The van der Waals surface area contributed by atoms with E-state index in [1.165, 1.54) is 0 Å². The molecule has 0 saturated heterocycles. The van der Waals surface area contributed by atoms with E-state index < -0.39 is 41.6 Å². The SMILES string of the molecule is C[C@H]1NC(=O)[C@@](O)(COC(=O)NC2CCCCC2)[C@@](CC2CCCC2)(NO)C(=O)c2ccccc21. The number of alkyl carbamates (subject to hydrolysis) is 1. The molecule has 192 valence electrons. The molecule has 0 radical (unpaired) electrons. The van der Waals surface area contributed by atoms with Gasteiger partial charge in [0.05, 0.1) is 6.04 Å². The second-order valence-corrected chi connectivity index (χ2v) is 10.4. The number of Topliss-reactive ketones (excluding diaryl/α,β-unsaturated/α-hetero) is 1. The normalized spacial score (nSPS) is 30.2. The first-order valence-electron chi connectivity index (χ1n) is 12.8. The number of benzene rings is 1. The molecule has 4 rings (SSSR count). The minimum absolute atomic E-state index is 0.0120. The van der Waals surface area contributed by atoms with Crippen LogP contribution in [0.2, 0.25) is 0 Å². The number of ether oxygens (including phenoxy) is 1. The fourth-order valence-corrected chi connectivity index (χ4v) is 6.00. The van der Waals surface area contributed by atoms with Gasteiger partial charge in [0.15, 0.2) is 5.78 Å². The lowest BCUT2D eigenvalue weighted by Crippen LogP contribution is -2.75. The lowest BCUT2D eigenvalue weighted by Gasteiger charge is -2.46. The molecule has 2 fully saturated rings. The van der Waals surface area contributed by atoms with E-state index in [-0.39, 0.29) is 18.4 Å². The van der Waals surface area contributed by atoms with Gasteiger partial charge in [0.2, 0.25) is 5.60 Å². The van der Waals surface area contributed by atoms with Crippen molar-refractivity contribution in [3.05, 3.63) is 35.4 Å². The summed E-state index contributed by atoms with van der Waals surface area (Å²) in [5.74, 6) is -1.46. The van der Waals surface area contributed by atoms with Crippen LogP contribution in [-0.2, 0) is 9.53 Å². The molecule has 9 heteroatoms. The molecular formula is C26H37N3O6. The molecule has 1 aromatic rings. The molecule has 0 spiro atoms. The quantitative estimate of drug-likeness (QED) is 0.389. The summed E-state index contributed by atoms with van der Waals surface area (Å²) >= 11 is 0. The van der Waals surface area contributed by atoms with Crippen LogP contribution < -0.4 is 16.1 Å². The Morgan fingerprint density at radius 2 is 1.74 bits per heavy atom. The smallest absolute Gasteiger partial charge is 0.407 e. The van der Waals surface area contributed by atoms with Gasteiger partial charge in [0, 0.05) is 11.6 Å². The van der Waals surface area contributed by atoms with Crippen LogP contribution >= 0.6 is 0 Å². The highest BCUT2D eigenvalue weighted by Crippen LogP contribution is 2.41. The van der Waals surface area contributed by atoms with E-state index in [4.69, 9.17) is 4.74 Å². The summed E-state index contributed by atoms with van der Waals surface area (Å²) in [6.45, 7) is 0.940. The Balaban J connectivity index is 1.68. The molecule has 0 aromatic heterocycles. The number of hydrogen-bond acceptors (Lipinski definition) is 7. The number of rotatable bonds is 6. The Morgan fingerprint density at radius 3 is 2.43 bits per heavy atom. The van der Waals surface area contributed by atoms with Gasteiger partial charge in [0.25, 0.3) is 5.91 Å². The molecule has 0 unspecified atom stereocenters. The molecule has 2 amide bonds. The van der Waals surface area contributed by atoms with Crippen molar-refractivity contribution in [3.8, 4) is 0 Å². The lowest BCUT2D eigenvalue weighted by atomic mass is 9.67. The number of ketones is 1. The van der Waals surface area contributed by atoms with Crippen molar-refractivity contribution in [2.45, 2.75) is 94.4 Å². The predicted octanol–water partition coefficient (Wildman–Crippen LogP) is 3.15. The first kappa shape index (κ1) is 25.6. The highest BCUT2D eigenvalue weighted by molar-refractivity contribution is 6.10. The standard InChI is InChI=1S/C26H37N3O6/c1-17-20-13-7-8-14-21(20)22(30)25(29-34,15-18-9-5-6-10-18)26(33,23(31)27-17)16-35-24(32)28-19-11-3-2-4-12-19/h7-8,13-14,17-19,29,33-34H,2-6,9-12,15-16H2,1H3,(H,27,31)(H,28,32)/t17-,25+,26+/m1/s1. The van der Waals surface area contributed by atoms with Crippen LogP contribution in [0.5, 0.6) is 0 Å². The zero-order chi connectivity index (χ0) is 25.1. The average molecular weight is 488 g/mol. The zero-order valence-electron chi connectivity index (χ0n) is 20.3. The summed E-state index contributed by atoms with van der Waals surface area (Å²) in [4.78, 5) is 40.2. The molecule has 3 aliphatic rings. The van der Waals surface area contributed by atoms with Crippen LogP contribution in [0.4, 0.5) is 4.79 Å². The number of aliphatic hydroxyl groups is 1. The number of carbonyl (C=O) groups is 3. The molecule has 2 aliphatic carbocycles. The predicted molar refractivity (Wildman–Crippen MR) is 128 cm³/mol. The summed E-state index contributed by atoms with van der Waals surface area (Å²) in [5.41, 5.74) is -1.66. The molecule has 5 N–H and O–H groups in total. The van der Waals surface area contributed by atoms with Crippen LogP contribution in [0, 0.1) is 5.92 Å². The first-order valence-corrected chi connectivity index (χ1v) is 12.8. The number of hydrogen-bond donors (Lipinski definition) is 5. The van der Waals surface area contributed by atoms with Gasteiger partial charge in [-0.05, 0) is 37.7 Å². The maximum absolute atomic E-state index is 14.1. The molecule has 1 aromatic carbocycles. The second-order valence-electron chi connectivity index (χ2n) is 10.4. The van der Waals surface area contributed by atoms with Gasteiger partial charge in [-0.1, -0.05) is 69.2 Å². The van der Waals surface area contributed by atoms with Crippen LogP contribution in [0.25, 0.3) is 0 Å². The Morgan fingerprint density at radius 1 is 1.09 bits per heavy atom. The van der Waals surface area contributed by atoms with Gasteiger partial charge in [-0.3, -0.25) is 9.59 Å². The van der Waals surface area contributed by atoms with Gasteiger partial charge in [0.1, 0.15) is 12.1 Å². The minimum atomic E-state index is -2.53. The van der Waals surface area contributed by atoms with E-state index in [0.29, 0.717) is 11.1 Å². The molecule has 35 heavy (non-hydrogen) atoms.